The van der Waals surface area contributed by atoms with E-state index in [0.29, 0.717) is 37.8 Å². The van der Waals surface area contributed by atoms with Crippen LogP contribution in [0, 0.1) is 5.82 Å². The zero-order chi connectivity index (χ0) is 21.1. The number of rotatable bonds is 6. The van der Waals surface area contributed by atoms with Crippen LogP contribution in [0.4, 0.5) is 4.39 Å². The minimum absolute atomic E-state index is 0.196. The first-order valence-corrected chi connectivity index (χ1v) is 11.0. The van der Waals surface area contributed by atoms with Gasteiger partial charge < -0.3 is 4.42 Å². The molecular weight excluding hydrogens is 451 g/mol. The first-order chi connectivity index (χ1) is 14.5. The molecule has 11 heteroatoms. The lowest BCUT2D eigenvalue weighted by molar-refractivity contribution is 0.485. The molecule has 0 bridgehead atoms. The van der Waals surface area contributed by atoms with E-state index in [-0.39, 0.29) is 17.5 Å². The fraction of sp³-hybridized carbons (Fsp3) is 0.0526. The van der Waals surface area contributed by atoms with E-state index in [9.17, 15) is 12.8 Å². The summed E-state index contributed by atoms with van der Waals surface area (Å²) in [5.41, 5.74) is 1.71. The second kappa shape index (κ2) is 8.90. The molecule has 3 heterocycles. The molecule has 30 heavy (non-hydrogen) atoms. The van der Waals surface area contributed by atoms with Gasteiger partial charge in [-0.1, -0.05) is 11.6 Å². The van der Waals surface area contributed by atoms with Crippen molar-refractivity contribution in [1.29, 1.82) is 0 Å². The first-order valence-electron chi connectivity index (χ1n) is 8.49. The smallest absolute Gasteiger partial charge is 0.228 e. The van der Waals surface area contributed by atoms with Gasteiger partial charge in [-0.05, 0) is 60.3 Å². The summed E-state index contributed by atoms with van der Waals surface area (Å²) >= 11 is 7.10. The SMILES string of the molecule is O=[SH](=O)Cc1ccc(-c2nc(-c3ccc(F)cc3)oc2Sc2ccc(Cl)cn2)nn1. The lowest BCUT2D eigenvalue weighted by Gasteiger charge is -2.01. The summed E-state index contributed by atoms with van der Waals surface area (Å²) in [7, 11) is -2.60. The van der Waals surface area contributed by atoms with Gasteiger partial charge in [0.15, 0.2) is 5.09 Å². The predicted molar refractivity (Wildman–Crippen MR) is 110 cm³/mol. The normalized spacial score (nSPS) is 11.2. The van der Waals surface area contributed by atoms with Crippen molar-refractivity contribution in [2.75, 3.05) is 0 Å². The summed E-state index contributed by atoms with van der Waals surface area (Å²) in [6.45, 7) is 0. The molecule has 4 aromatic rings. The largest absolute Gasteiger partial charge is 0.429 e. The lowest BCUT2D eigenvalue weighted by Crippen LogP contribution is -1.96. The van der Waals surface area contributed by atoms with Crippen LogP contribution in [0.5, 0.6) is 0 Å². The molecule has 1 aromatic carbocycles. The first kappa shape index (κ1) is 20.5. The van der Waals surface area contributed by atoms with E-state index in [0.717, 1.165) is 0 Å². The van der Waals surface area contributed by atoms with Gasteiger partial charge in [0.2, 0.25) is 5.89 Å². The Kier molecular flexibility index (Phi) is 6.07. The molecule has 7 nitrogen and oxygen atoms in total. The molecule has 0 aliphatic carbocycles. The van der Waals surface area contributed by atoms with Crippen molar-refractivity contribution in [3.63, 3.8) is 0 Å². The van der Waals surface area contributed by atoms with Gasteiger partial charge in [0.1, 0.15) is 32.9 Å². The van der Waals surface area contributed by atoms with E-state index in [1.54, 1.807) is 36.4 Å². The Morgan fingerprint density at radius 2 is 1.83 bits per heavy atom. The third-order valence-corrected chi connectivity index (χ3v) is 5.56. The van der Waals surface area contributed by atoms with E-state index >= 15 is 0 Å². The van der Waals surface area contributed by atoms with E-state index < -0.39 is 10.7 Å². The monoisotopic (exact) mass is 462 g/mol. The lowest BCUT2D eigenvalue weighted by atomic mass is 10.2. The van der Waals surface area contributed by atoms with Crippen LogP contribution >= 0.6 is 23.4 Å². The zero-order valence-corrected chi connectivity index (χ0v) is 17.5. The van der Waals surface area contributed by atoms with Crippen LogP contribution < -0.4 is 0 Å². The highest BCUT2D eigenvalue weighted by Crippen LogP contribution is 2.37. The minimum Gasteiger partial charge on any atom is -0.429 e. The number of halogens is 2. The molecule has 0 radical (unpaired) electrons. The van der Waals surface area contributed by atoms with Gasteiger partial charge in [-0.15, -0.1) is 5.10 Å². The molecule has 0 atom stereocenters. The number of benzene rings is 1. The number of hydrogen-bond acceptors (Lipinski definition) is 8. The maximum atomic E-state index is 13.3. The van der Waals surface area contributed by atoms with Crippen LogP contribution in [-0.2, 0) is 16.5 Å². The second-order valence-corrected chi connectivity index (χ2v) is 8.39. The van der Waals surface area contributed by atoms with Crippen LogP contribution in [0.15, 0.2) is 69.3 Å². The Morgan fingerprint density at radius 1 is 1.03 bits per heavy atom. The Bertz CT molecular complexity index is 1240. The van der Waals surface area contributed by atoms with E-state index in [2.05, 4.69) is 20.2 Å². The van der Waals surface area contributed by atoms with Crippen molar-refractivity contribution in [1.82, 2.24) is 20.2 Å². The van der Waals surface area contributed by atoms with Gasteiger partial charge in [-0.3, -0.25) is 0 Å². The van der Waals surface area contributed by atoms with E-state index in [1.807, 2.05) is 0 Å². The molecule has 152 valence electrons. The highest BCUT2D eigenvalue weighted by atomic mass is 35.5. The highest BCUT2D eigenvalue weighted by Gasteiger charge is 2.20. The molecular formula is C19H12ClFN4O3S2. The average molecular weight is 463 g/mol. The third kappa shape index (κ3) is 4.84. The Morgan fingerprint density at radius 3 is 2.47 bits per heavy atom. The van der Waals surface area contributed by atoms with Crippen molar-refractivity contribution in [3.8, 4) is 22.8 Å². The summed E-state index contributed by atoms with van der Waals surface area (Å²) in [5, 5.41) is 9.55. The second-order valence-electron chi connectivity index (χ2n) is 5.98. The zero-order valence-electron chi connectivity index (χ0n) is 15.0. The van der Waals surface area contributed by atoms with Gasteiger partial charge >= 0.3 is 0 Å². The maximum Gasteiger partial charge on any atom is 0.228 e. The Labute approximate surface area is 181 Å². The van der Waals surface area contributed by atoms with Gasteiger partial charge in [-0.25, -0.2) is 22.8 Å². The molecule has 0 unspecified atom stereocenters. The molecule has 0 saturated carbocycles. The van der Waals surface area contributed by atoms with Crippen molar-refractivity contribution in [2.24, 2.45) is 0 Å². The van der Waals surface area contributed by atoms with Gasteiger partial charge in [0, 0.05) is 11.8 Å². The van der Waals surface area contributed by atoms with E-state index in [4.69, 9.17) is 16.0 Å². The number of hydrogen-bond donors (Lipinski definition) is 1. The molecule has 0 amide bonds. The molecule has 0 N–H and O–H groups in total. The quantitative estimate of drug-likeness (QED) is 0.424. The van der Waals surface area contributed by atoms with Gasteiger partial charge in [0.05, 0.1) is 16.5 Å². The molecule has 0 saturated heterocycles. The van der Waals surface area contributed by atoms with Crippen molar-refractivity contribution < 1.29 is 17.2 Å². The fourth-order valence-corrected chi connectivity index (χ4v) is 3.82. The Balaban J connectivity index is 1.74. The van der Waals surface area contributed by atoms with Crippen LogP contribution in [-0.4, -0.2) is 28.6 Å². The number of aromatic nitrogens is 4. The summed E-state index contributed by atoms with van der Waals surface area (Å²) in [6, 6.07) is 12.3. The predicted octanol–water partition coefficient (Wildman–Crippen LogP) is 4.25. The number of thiol groups is 1. The van der Waals surface area contributed by atoms with Gasteiger partial charge in [-0.2, -0.15) is 5.10 Å². The summed E-state index contributed by atoms with van der Waals surface area (Å²) in [6.07, 6.45) is 1.51. The van der Waals surface area contributed by atoms with Crippen molar-refractivity contribution in [2.45, 2.75) is 15.9 Å². The topological polar surface area (TPSA) is 98.8 Å². The molecule has 0 spiro atoms. The standard InChI is InChI=1S/C19H12ClFN4O3S2/c20-12-3-8-16(22-9-12)29-19-17(15-7-6-14(24-25-15)10-30(26)27)23-18(28-19)11-1-4-13(21)5-2-11/h1-9,30H,10H2. The number of pyridine rings is 1. The van der Waals surface area contributed by atoms with Crippen LogP contribution in [0.3, 0.4) is 0 Å². The molecule has 0 aliphatic rings. The Hall–Kier alpha value is -2.82. The summed E-state index contributed by atoms with van der Waals surface area (Å²) < 4.78 is 40.9. The molecule has 3 aromatic heterocycles. The van der Waals surface area contributed by atoms with E-state index in [1.165, 1.54) is 30.1 Å². The van der Waals surface area contributed by atoms with Crippen LogP contribution in [0.2, 0.25) is 5.02 Å². The van der Waals surface area contributed by atoms with Crippen LogP contribution in [0.25, 0.3) is 22.8 Å². The number of oxazole rings is 1. The maximum absolute atomic E-state index is 13.3. The summed E-state index contributed by atoms with van der Waals surface area (Å²) in [5.74, 6) is -0.294. The highest BCUT2D eigenvalue weighted by molar-refractivity contribution is 7.99. The molecule has 0 fully saturated rings. The summed E-state index contributed by atoms with van der Waals surface area (Å²) in [4.78, 5) is 8.74. The van der Waals surface area contributed by atoms with Crippen LogP contribution in [0.1, 0.15) is 5.69 Å². The fourth-order valence-electron chi connectivity index (χ4n) is 2.47. The van der Waals surface area contributed by atoms with Gasteiger partial charge in [0.25, 0.3) is 0 Å². The van der Waals surface area contributed by atoms with Crippen molar-refractivity contribution >= 4 is 34.1 Å². The third-order valence-electron chi connectivity index (χ3n) is 3.84. The molecule has 0 aliphatic heterocycles. The minimum atomic E-state index is -2.60. The average Bonchev–Trinajstić information content (AvgIpc) is 3.14. The number of nitrogens with zero attached hydrogens (tertiary/aromatic N) is 4. The molecule has 4 rings (SSSR count). The van der Waals surface area contributed by atoms with Crippen molar-refractivity contribution in [3.05, 3.63) is 71.3 Å².